The van der Waals surface area contributed by atoms with Crippen LogP contribution in [0.2, 0.25) is 0 Å². The molecule has 0 fully saturated rings. The first-order valence-corrected chi connectivity index (χ1v) is 7.14. The van der Waals surface area contributed by atoms with Crippen molar-refractivity contribution in [2.75, 3.05) is 7.11 Å². The van der Waals surface area contributed by atoms with Crippen molar-refractivity contribution in [3.63, 3.8) is 0 Å². The van der Waals surface area contributed by atoms with Crippen LogP contribution in [-0.4, -0.2) is 51.3 Å². The van der Waals surface area contributed by atoms with Gasteiger partial charge < -0.3 is 10.1 Å². The number of esters is 1. The summed E-state index contributed by atoms with van der Waals surface area (Å²) in [6.45, 7) is 0. The fourth-order valence-electron chi connectivity index (χ4n) is 2.15. The molecule has 1 unspecified atom stereocenters. The summed E-state index contributed by atoms with van der Waals surface area (Å²) in [4.78, 5) is 49.0. The van der Waals surface area contributed by atoms with Crippen LogP contribution in [0.3, 0.4) is 0 Å². The molecule has 1 amide bonds. The number of fused-ring (bicyclic) bond motifs is 1. The summed E-state index contributed by atoms with van der Waals surface area (Å²) < 4.78 is 42.5. The number of alkyl halides is 3. The largest absolute Gasteiger partial charge is 0.471 e. The van der Waals surface area contributed by atoms with Crippen LogP contribution in [0, 0.1) is 10.1 Å². The molecule has 2 aromatic rings. The molecule has 1 N–H and O–H groups in total. The highest BCUT2D eigenvalue weighted by molar-refractivity contribution is 5.99. The molecule has 144 valence electrons. The first kappa shape index (κ1) is 19.8. The maximum absolute atomic E-state index is 12.4. The number of carbonyl (C=O) groups is 3. The summed E-state index contributed by atoms with van der Waals surface area (Å²) in [6, 6.07) is 0.510. The van der Waals surface area contributed by atoms with Gasteiger partial charge in [0.15, 0.2) is 5.78 Å². The molecule has 0 bridgehead atoms. The Morgan fingerprint density at radius 1 is 1.37 bits per heavy atom. The molecular formula is C14H11F3N4O6. The molecule has 0 aliphatic carbocycles. The number of halogens is 3. The topological polar surface area (TPSA) is 133 Å². The molecule has 2 rings (SSSR count). The Hall–Kier alpha value is -3.51. The number of nitrogens with one attached hydrogen (secondary N) is 1. The number of hydrogen-bond donors (Lipinski definition) is 1. The maximum atomic E-state index is 12.4. The number of pyridine rings is 1. The number of carbonyl (C=O) groups excluding carboxylic acids is 3. The molecule has 0 saturated carbocycles. The number of ketones is 1. The minimum atomic E-state index is -5.26. The molecule has 0 radical (unpaired) electrons. The van der Waals surface area contributed by atoms with Gasteiger partial charge in [0.25, 0.3) is 5.69 Å². The summed E-state index contributed by atoms with van der Waals surface area (Å²) in [7, 11) is 0.872. The predicted octanol–water partition coefficient (Wildman–Crippen LogP) is 1.04. The third-order valence-electron chi connectivity index (χ3n) is 3.42. The van der Waals surface area contributed by atoms with Gasteiger partial charge in [-0.05, 0) is 6.07 Å². The third-order valence-corrected chi connectivity index (χ3v) is 3.42. The van der Waals surface area contributed by atoms with E-state index >= 15 is 0 Å². The molecule has 27 heavy (non-hydrogen) atoms. The number of nitro groups is 1. The molecule has 2 heterocycles. The van der Waals surface area contributed by atoms with Gasteiger partial charge in [0, 0.05) is 12.5 Å². The second kappa shape index (κ2) is 7.39. The highest BCUT2D eigenvalue weighted by Gasteiger charge is 2.41. The molecule has 0 aliphatic heterocycles. The van der Waals surface area contributed by atoms with Crippen molar-refractivity contribution in [3.05, 3.63) is 40.3 Å². The Balaban J connectivity index is 2.30. The fourth-order valence-corrected chi connectivity index (χ4v) is 2.15. The van der Waals surface area contributed by atoms with Crippen LogP contribution in [0.1, 0.15) is 16.9 Å². The molecule has 0 spiro atoms. The Morgan fingerprint density at radius 3 is 2.59 bits per heavy atom. The second-order valence-corrected chi connectivity index (χ2v) is 5.19. The summed E-state index contributed by atoms with van der Waals surface area (Å²) in [5, 5.41) is 12.2. The molecular weight excluding hydrogens is 377 g/mol. The number of nitrogens with zero attached hydrogens (tertiary/aromatic N) is 3. The highest BCUT2D eigenvalue weighted by atomic mass is 19.4. The lowest BCUT2D eigenvalue weighted by Gasteiger charge is -2.16. The van der Waals surface area contributed by atoms with Gasteiger partial charge in [-0.15, -0.1) is 0 Å². The summed E-state index contributed by atoms with van der Waals surface area (Å²) in [5.74, 6) is -4.57. The van der Waals surface area contributed by atoms with Gasteiger partial charge in [-0.2, -0.15) is 13.2 Å². The molecule has 1 atom stereocenters. The molecule has 13 heteroatoms. The maximum Gasteiger partial charge on any atom is 0.471 e. The van der Waals surface area contributed by atoms with E-state index in [1.54, 1.807) is 0 Å². The smallest absolute Gasteiger partial charge is 0.467 e. The van der Waals surface area contributed by atoms with Gasteiger partial charge in [-0.1, -0.05) is 0 Å². The predicted molar refractivity (Wildman–Crippen MR) is 80.8 cm³/mol. The standard InChI is InChI=1S/C14H11F3N4O6/c1-27-12(23)8(19-13(24)14(15,16)17)4-10(22)9-5-18-11-3-2-7(21(25)26)6-20(9)11/h2-3,5-6,8H,4H2,1H3,(H,19,24). The number of methoxy groups -OCH3 is 1. The molecule has 0 aromatic carbocycles. The van der Waals surface area contributed by atoms with Gasteiger partial charge in [-0.25, -0.2) is 9.78 Å². The van der Waals surface area contributed by atoms with Gasteiger partial charge >= 0.3 is 18.1 Å². The zero-order chi connectivity index (χ0) is 20.4. The van der Waals surface area contributed by atoms with Crippen LogP contribution < -0.4 is 5.32 Å². The Labute approximate surface area is 148 Å². The highest BCUT2D eigenvalue weighted by Crippen LogP contribution is 2.18. The van der Waals surface area contributed by atoms with E-state index in [1.165, 1.54) is 11.4 Å². The van der Waals surface area contributed by atoms with Crippen molar-refractivity contribution < 1.29 is 37.2 Å². The third kappa shape index (κ3) is 4.37. The molecule has 0 aliphatic rings. The van der Waals surface area contributed by atoms with Crippen LogP contribution >= 0.6 is 0 Å². The lowest BCUT2D eigenvalue weighted by atomic mass is 10.1. The molecule has 2 aromatic heterocycles. The molecule has 10 nitrogen and oxygen atoms in total. The monoisotopic (exact) mass is 388 g/mol. The van der Waals surface area contributed by atoms with Crippen molar-refractivity contribution in [3.8, 4) is 0 Å². The van der Waals surface area contributed by atoms with Crippen LogP contribution in [-0.2, 0) is 14.3 Å². The van der Waals surface area contributed by atoms with E-state index in [1.807, 2.05) is 0 Å². The lowest BCUT2D eigenvalue weighted by molar-refractivity contribution is -0.385. The van der Waals surface area contributed by atoms with Crippen molar-refractivity contribution in [1.82, 2.24) is 14.7 Å². The molecule has 0 saturated heterocycles. The zero-order valence-electron chi connectivity index (χ0n) is 13.5. The van der Waals surface area contributed by atoms with E-state index in [4.69, 9.17) is 0 Å². The van der Waals surface area contributed by atoms with Gasteiger partial charge in [0.05, 0.1) is 24.4 Å². The normalized spacial score (nSPS) is 12.4. The van der Waals surface area contributed by atoms with Crippen molar-refractivity contribution in [2.45, 2.75) is 18.6 Å². The van der Waals surface area contributed by atoms with E-state index in [2.05, 4.69) is 9.72 Å². The van der Waals surface area contributed by atoms with Gasteiger partial charge in [-0.3, -0.25) is 24.1 Å². The fraction of sp³-hybridized carbons (Fsp3) is 0.286. The van der Waals surface area contributed by atoms with Gasteiger partial charge in [0.1, 0.15) is 17.4 Å². The van der Waals surface area contributed by atoms with Crippen LogP contribution in [0.5, 0.6) is 0 Å². The van der Waals surface area contributed by atoms with Crippen molar-refractivity contribution >= 4 is 29.0 Å². The average Bonchev–Trinajstić information content (AvgIpc) is 3.02. The van der Waals surface area contributed by atoms with Crippen LogP contribution in [0.15, 0.2) is 24.5 Å². The van der Waals surface area contributed by atoms with E-state index in [0.717, 1.165) is 30.0 Å². The van der Waals surface area contributed by atoms with Crippen LogP contribution in [0.4, 0.5) is 18.9 Å². The quantitative estimate of drug-likeness (QED) is 0.338. The number of aromatic nitrogens is 2. The van der Waals surface area contributed by atoms with E-state index in [0.29, 0.717) is 0 Å². The van der Waals surface area contributed by atoms with E-state index in [-0.39, 0.29) is 17.0 Å². The van der Waals surface area contributed by atoms with Crippen LogP contribution in [0.25, 0.3) is 5.65 Å². The lowest BCUT2D eigenvalue weighted by Crippen LogP contribution is -2.48. The Kier molecular flexibility index (Phi) is 5.42. The second-order valence-electron chi connectivity index (χ2n) is 5.19. The number of rotatable bonds is 6. The summed E-state index contributed by atoms with van der Waals surface area (Å²) >= 11 is 0. The van der Waals surface area contributed by atoms with Gasteiger partial charge in [0.2, 0.25) is 0 Å². The van der Waals surface area contributed by atoms with E-state index in [9.17, 15) is 37.7 Å². The Morgan fingerprint density at radius 2 is 2.04 bits per heavy atom. The van der Waals surface area contributed by atoms with E-state index < -0.39 is 41.2 Å². The number of ether oxygens (including phenoxy) is 1. The van der Waals surface area contributed by atoms with Crippen molar-refractivity contribution in [2.24, 2.45) is 0 Å². The number of imidazole rings is 1. The number of amides is 1. The SMILES string of the molecule is COC(=O)C(CC(=O)c1cnc2ccc([N+](=O)[O-])cn12)NC(=O)C(F)(F)F. The minimum Gasteiger partial charge on any atom is -0.467 e. The Bertz CT molecular complexity index is 923. The zero-order valence-corrected chi connectivity index (χ0v) is 13.5. The summed E-state index contributed by atoms with van der Waals surface area (Å²) in [6.07, 6.45) is -4.09. The number of Topliss-reactive ketones (excluding diaryl/α,β-unsaturated/α-hetero) is 1. The summed E-state index contributed by atoms with van der Waals surface area (Å²) in [5.41, 5.74) is -0.411. The first-order valence-electron chi connectivity index (χ1n) is 7.14. The average molecular weight is 388 g/mol. The van der Waals surface area contributed by atoms with Crippen molar-refractivity contribution in [1.29, 1.82) is 0 Å². The number of hydrogen-bond acceptors (Lipinski definition) is 7. The first-order chi connectivity index (χ1) is 12.5. The minimum absolute atomic E-state index is 0.165.